The highest BCUT2D eigenvalue weighted by Gasteiger charge is 2.23. The van der Waals surface area contributed by atoms with E-state index in [0.29, 0.717) is 23.7 Å². The van der Waals surface area contributed by atoms with Crippen molar-refractivity contribution in [2.75, 3.05) is 13.6 Å². The van der Waals surface area contributed by atoms with Crippen molar-refractivity contribution in [2.45, 2.75) is 45.9 Å². The summed E-state index contributed by atoms with van der Waals surface area (Å²) in [5.74, 6) is 0.00676. The summed E-state index contributed by atoms with van der Waals surface area (Å²) in [6.07, 6.45) is 2.80. The maximum atomic E-state index is 12.9. The van der Waals surface area contributed by atoms with Crippen LogP contribution in [0.4, 0.5) is 0 Å². The Morgan fingerprint density at radius 1 is 1.31 bits per heavy atom. The summed E-state index contributed by atoms with van der Waals surface area (Å²) in [5.41, 5.74) is 3.35. The molecule has 6 nitrogen and oxygen atoms in total. The van der Waals surface area contributed by atoms with Crippen LogP contribution >= 0.6 is 0 Å². The highest BCUT2D eigenvalue weighted by Crippen LogP contribution is 2.20. The van der Waals surface area contributed by atoms with E-state index in [1.807, 2.05) is 11.2 Å². The van der Waals surface area contributed by atoms with Crippen molar-refractivity contribution >= 4 is 5.91 Å². The quantitative estimate of drug-likeness (QED) is 0.849. The van der Waals surface area contributed by atoms with Crippen molar-refractivity contribution in [2.24, 2.45) is 0 Å². The summed E-state index contributed by atoms with van der Waals surface area (Å²) in [4.78, 5) is 21.7. The molecule has 1 aromatic heterocycles. The number of fused-ring (bicyclic) bond motifs is 1. The lowest BCUT2D eigenvalue weighted by molar-refractivity contribution is 0.0745. The summed E-state index contributed by atoms with van der Waals surface area (Å²) < 4.78 is 2.18. The first kappa shape index (κ1) is 18.2. The Bertz CT molecular complexity index is 816. The number of aromatic nitrogens is 2. The maximum Gasteiger partial charge on any atom is 0.254 e. The molecule has 136 valence electrons. The Balaban J connectivity index is 1.81. The molecule has 2 aromatic rings. The molecule has 0 saturated carbocycles. The van der Waals surface area contributed by atoms with Gasteiger partial charge in [-0.3, -0.25) is 9.69 Å². The third kappa shape index (κ3) is 3.78. The van der Waals surface area contributed by atoms with Gasteiger partial charge in [0.2, 0.25) is 0 Å². The fourth-order valence-corrected chi connectivity index (χ4v) is 3.11. The Hall–Kier alpha value is -2.65. The highest BCUT2D eigenvalue weighted by molar-refractivity contribution is 5.94. The second-order valence-corrected chi connectivity index (χ2v) is 7.11. The predicted molar refractivity (Wildman–Crippen MR) is 99.3 cm³/mol. The number of rotatable bonds is 4. The number of amides is 1. The Kier molecular flexibility index (Phi) is 5.38. The third-order valence-electron chi connectivity index (χ3n) is 5.03. The smallest absolute Gasteiger partial charge is 0.254 e. The van der Waals surface area contributed by atoms with Crippen molar-refractivity contribution in [3.05, 3.63) is 53.1 Å². The van der Waals surface area contributed by atoms with Crippen molar-refractivity contribution in [1.82, 2.24) is 19.4 Å². The van der Waals surface area contributed by atoms with E-state index in [-0.39, 0.29) is 5.91 Å². The molecule has 0 unspecified atom stereocenters. The van der Waals surface area contributed by atoms with Crippen LogP contribution in [0, 0.1) is 11.3 Å². The minimum Gasteiger partial charge on any atom is -0.333 e. The van der Waals surface area contributed by atoms with Crippen LogP contribution < -0.4 is 0 Å². The van der Waals surface area contributed by atoms with Crippen molar-refractivity contribution < 1.29 is 4.79 Å². The van der Waals surface area contributed by atoms with Crippen LogP contribution in [-0.4, -0.2) is 44.9 Å². The van der Waals surface area contributed by atoms with E-state index in [9.17, 15) is 4.79 Å². The predicted octanol–water partition coefficient (Wildman–Crippen LogP) is 2.64. The van der Waals surface area contributed by atoms with Crippen molar-refractivity contribution in [1.29, 1.82) is 5.26 Å². The largest absolute Gasteiger partial charge is 0.333 e. The normalized spacial score (nSPS) is 14.2. The van der Waals surface area contributed by atoms with Gasteiger partial charge in [-0.25, -0.2) is 4.98 Å². The van der Waals surface area contributed by atoms with E-state index < -0.39 is 0 Å². The number of hydrogen-bond acceptors (Lipinski definition) is 4. The van der Waals surface area contributed by atoms with E-state index in [1.165, 1.54) is 0 Å². The molecular weight excluding hydrogens is 326 g/mol. The SMILES string of the molecule is CC(C)N(C)Cc1ncn2c1CN(C(=O)c1ccc(C#N)cc1)CCC2. The van der Waals surface area contributed by atoms with Gasteiger partial charge in [0, 0.05) is 31.2 Å². The molecule has 0 N–H and O–H groups in total. The second kappa shape index (κ2) is 7.71. The summed E-state index contributed by atoms with van der Waals surface area (Å²) in [6, 6.07) is 9.38. The molecule has 0 atom stereocenters. The zero-order valence-electron chi connectivity index (χ0n) is 15.6. The Labute approximate surface area is 154 Å². The number of aryl methyl sites for hydroxylation is 1. The van der Waals surface area contributed by atoms with Crippen LogP contribution in [0.25, 0.3) is 0 Å². The average molecular weight is 351 g/mol. The van der Waals surface area contributed by atoms with Crippen LogP contribution in [0.5, 0.6) is 0 Å². The fraction of sp³-hybridized carbons (Fsp3) is 0.450. The van der Waals surface area contributed by atoms with Gasteiger partial charge in [-0.2, -0.15) is 5.26 Å². The van der Waals surface area contributed by atoms with Crippen LogP contribution in [-0.2, 0) is 19.6 Å². The minimum atomic E-state index is 0.00676. The molecular formula is C20H25N5O. The number of carbonyl (C=O) groups excluding carboxylic acids is 1. The van der Waals surface area contributed by atoms with Crippen LogP contribution in [0.3, 0.4) is 0 Å². The van der Waals surface area contributed by atoms with Gasteiger partial charge >= 0.3 is 0 Å². The molecule has 0 spiro atoms. The molecule has 1 aliphatic rings. The van der Waals surface area contributed by atoms with Gasteiger partial charge in [-0.05, 0) is 51.6 Å². The molecule has 0 saturated heterocycles. The van der Waals surface area contributed by atoms with Gasteiger partial charge in [0.1, 0.15) is 0 Å². The van der Waals surface area contributed by atoms with Crippen LogP contribution in [0.2, 0.25) is 0 Å². The number of hydrogen-bond donors (Lipinski definition) is 0. The number of benzene rings is 1. The molecule has 3 rings (SSSR count). The van der Waals surface area contributed by atoms with Crippen LogP contribution in [0.15, 0.2) is 30.6 Å². The topological polar surface area (TPSA) is 65.2 Å². The lowest BCUT2D eigenvalue weighted by Crippen LogP contribution is -2.32. The lowest BCUT2D eigenvalue weighted by Gasteiger charge is -2.23. The van der Waals surface area contributed by atoms with Gasteiger partial charge in [-0.1, -0.05) is 0 Å². The molecule has 2 heterocycles. The zero-order valence-corrected chi connectivity index (χ0v) is 15.6. The molecule has 0 fully saturated rings. The standard InChI is InChI=1S/C20H25N5O/c1-15(2)23(3)12-18-19-13-24(9-4-10-25(19)14-22-18)20(26)17-7-5-16(11-21)6-8-17/h5-8,14-15H,4,9-10,12-13H2,1-3H3. The summed E-state index contributed by atoms with van der Waals surface area (Å²) >= 11 is 0. The zero-order chi connectivity index (χ0) is 18.7. The Morgan fingerprint density at radius 3 is 2.69 bits per heavy atom. The van der Waals surface area contributed by atoms with Crippen LogP contribution in [0.1, 0.15) is 47.6 Å². The van der Waals surface area contributed by atoms with Gasteiger partial charge in [0.15, 0.2) is 0 Å². The number of carbonyl (C=O) groups is 1. The number of nitrogens with zero attached hydrogens (tertiary/aromatic N) is 5. The van der Waals surface area contributed by atoms with Crippen molar-refractivity contribution in [3.8, 4) is 6.07 Å². The van der Waals surface area contributed by atoms with E-state index in [1.54, 1.807) is 24.3 Å². The molecule has 0 radical (unpaired) electrons. The van der Waals surface area contributed by atoms with E-state index in [4.69, 9.17) is 5.26 Å². The number of nitriles is 1. The molecule has 1 aromatic carbocycles. The van der Waals surface area contributed by atoms with E-state index in [0.717, 1.165) is 37.4 Å². The molecule has 0 aliphatic carbocycles. The van der Waals surface area contributed by atoms with Gasteiger partial charge in [0.25, 0.3) is 5.91 Å². The number of imidazole rings is 1. The first-order chi connectivity index (χ1) is 12.5. The summed E-state index contributed by atoms with van der Waals surface area (Å²) in [5, 5.41) is 8.92. The first-order valence-corrected chi connectivity index (χ1v) is 9.02. The monoisotopic (exact) mass is 351 g/mol. The van der Waals surface area contributed by atoms with Crippen molar-refractivity contribution in [3.63, 3.8) is 0 Å². The molecule has 6 heteroatoms. The second-order valence-electron chi connectivity index (χ2n) is 7.11. The van der Waals surface area contributed by atoms with Gasteiger partial charge < -0.3 is 9.47 Å². The third-order valence-corrected chi connectivity index (χ3v) is 5.03. The summed E-state index contributed by atoms with van der Waals surface area (Å²) in [7, 11) is 2.09. The molecule has 0 bridgehead atoms. The summed E-state index contributed by atoms with van der Waals surface area (Å²) in [6.45, 7) is 7.27. The Morgan fingerprint density at radius 2 is 2.04 bits per heavy atom. The molecule has 26 heavy (non-hydrogen) atoms. The average Bonchev–Trinajstić information content (AvgIpc) is 2.89. The fourth-order valence-electron chi connectivity index (χ4n) is 3.11. The maximum absolute atomic E-state index is 12.9. The highest BCUT2D eigenvalue weighted by atomic mass is 16.2. The van der Waals surface area contributed by atoms with Gasteiger partial charge in [0.05, 0.1) is 35.9 Å². The lowest BCUT2D eigenvalue weighted by atomic mass is 10.1. The van der Waals surface area contributed by atoms with E-state index >= 15 is 0 Å². The first-order valence-electron chi connectivity index (χ1n) is 9.02. The van der Waals surface area contributed by atoms with E-state index in [2.05, 4.69) is 41.4 Å². The van der Waals surface area contributed by atoms with Gasteiger partial charge in [-0.15, -0.1) is 0 Å². The molecule has 1 aliphatic heterocycles. The minimum absolute atomic E-state index is 0.00676. The molecule has 1 amide bonds.